The molecule has 0 unspecified atom stereocenters. The number of hydrogen-bond acceptors (Lipinski definition) is 3. The van der Waals surface area contributed by atoms with Crippen molar-refractivity contribution in [2.24, 2.45) is 5.16 Å². The van der Waals surface area contributed by atoms with Gasteiger partial charge in [-0.15, -0.1) is 0 Å². The van der Waals surface area contributed by atoms with Gasteiger partial charge < -0.3 is 5.21 Å². The van der Waals surface area contributed by atoms with Gasteiger partial charge in [-0.2, -0.15) is 0 Å². The molecule has 3 nitrogen and oxygen atoms in total. The van der Waals surface area contributed by atoms with E-state index in [-0.39, 0.29) is 0 Å². The molecule has 1 N–H and O–H groups in total. The molecule has 13 heavy (non-hydrogen) atoms. The molecule has 1 aromatic heterocycles. The Balaban J connectivity index is 2.75. The van der Waals surface area contributed by atoms with Crippen LogP contribution in [0.5, 0.6) is 0 Å². The first-order valence-corrected chi connectivity index (χ1v) is 3.92. The third kappa shape index (κ3) is 1.36. The first-order valence-electron chi connectivity index (χ1n) is 3.92. The Morgan fingerprint density at radius 3 is 2.92 bits per heavy atom. The molecule has 1 aromatic carbocycles. The first kappa shape index (κ1) is 7.73. The molecule has 0 aliphatic carbocycles. The Kier molecular flexibility index (Phi) is 1.92. The summed E-state index contributed by atoms with van der Waals surface area (Å²) in [5.41, 5.74) is 0.820. The van der Waals surface area contributed by atoms with Crippen LogP contribution < -0.4 is 0 Å². The molecule has 0 bridgehead atoms. The van der Waals surface area contributed by atoms with Crippen molar-refractivity contribution in [3.05, 3.63) is 42.2 Å². The molecule has 0 fully saturated rings. The number of hydrogen-bond donors (Lipinski definition) is 1. The largest absolute Gasteiger partial charge is 0.411 e. The molecular weight excluding hydrogens is 164 g/mol. The number of aromatic nitrogens is 1. The van der Waals surface area contributed by atoms with E-state index < -0.39 is 0 Å². The SMILES string of the molecule is O/N=C/c1cncc2ccccc12. The third-order valence-electron chi connectivity index (χ3n) is 1.90. The molecule has 0 spiro atoms. The predicted molar refractivity (Wildman–Crippen MR) is 51.1 cm³/mol. The highest BCUT2D eigenvalue weighted by Crippen LogP contribution is 2.14. The quantitative estimate of drug-likeness (QED) is 0.406. The van der Waals surface area contributed by atoms with Crippen molar-refractivity contribution in [1.29, 1.82) is 0 Å². The van der Waals surface area contributed by atoms with Gasteiger partial charge in [0.05, 0.1) is 6.21 Å². The van der Waals surface area contributed by atoms with Crippen LogP contribution in [0.15, 0.2) is 41.8 Å². The van der Waals surface area contributed by atoms with Crippen LogP contribution >= 0.6 is 0 Å². The zero-order chi connectivity index (χ0) is 9.10. The molecule has 64 valence electrons. The van der Waals surface area contributed by atoms with Crippen LogP contribution in [0.2, 0.25) is 0 Å². The lowest BCUT2D eigenvalue weighted by atomic mass is 10.1. The van der Waals surface area contributed by atoms with Crippen LogP contribution in [-0.2, 0) is 0 Å². The van der Waals surface area contributed by atoms with Crippen LogP contribution in [0.25, 0.3) is 10.8 Å². The summed E-state index contributed by atoms with van der Waals surface area (Å²) < 4.78 is 0. The third-order valence-corrected chi connectivity index (χ3v) is 1.90. The molecule has 0 aliphatic rings. The predicted octanol–water partition coefficient (Wildman–Crippen LogP) is 2.04. The smallest absolute Gasteiger partial charge is 0.0755 e. The van der Waals surface area contributed by atoms with Gasteiger partial charge in [0.2, 0.25) is 0 Å². The topological polar surface area (TPSA) is 45.5 Å². The van der Waals surface area contributed by atoms with Crippen LogP contribution in [0.1, 0.15) is 5.56 Å². The summed E-state index contributed by atoms with van der Waals surface area (Å²) in [7, 11) is 0. The molecule has 2 aromatic rings. The maximum atomic E-state index is 8.42. The fraction of sp³-hybridized carbons (Fsp3) is 0. The molecule has 3 heteroatoms. The highest BCUT2D eigenvalue weighted by Gasteiger charge is 1.96. The average Bonchev–Trinajstić information content (AvgIpc) is 2.19. The van der Waals surface area contributed by atoms with E-state index in [1.165, 1.54) is 6.21 Å². The van der Waals surface area contributed by atoms with Crippen molar-refractivity contribution < 1.29 is 5.21 Å². The van der Waals surface area contributed by atoms with Crippen molar-refractivity contribution in [1.82, 2.24) is 4.98 Å². The van der Waals surface area contributed by atoms with Crippen molar-refractivity contribution in [2.45, 2.75) is 0 Å². The lowest BCUT2D eigenvalue weighted by Gasteiger charge is -1.98. The van der Waals surface area contributed by atoms with E-state index in [9.17, 15) is 0 Å². The Bertz CT molecular complexity index is 446. The van der Waals surface area contributed by atoms with Crippen LogP contribution in [0.3, 0.4) is 0 Å². The number of benzene rings is 1. The van der Waals surface area contributed by atoms with Crippen LogP contribution in [0.4, 0.5) is 0 Å². The maximum absolute atomic E-state index is 8.42. The summed E-state index contributed by atoms with van der Waals surface area (Å²) in [6, 6.07) is 7.83. The standard InChI is InChI=1S/C10H8N2O/c13-12-7-9-6-11-5-8-3-1-2-4-10(8)9/h1-7,13H/b12-7+. The Hall–Kier alpha value is -1.90. The fourth-order valence-electron chi connectivity index (χ4n) is 1.30. The van der Waals surface area contributed by atoms with Gasteiger partial charge in [0.15, 0.2) is 0 Å². The second kappa shape index (κ2) is 3.23. The molecule has 0 saturated heterocycles. The summed E-state index contributed by atoms with van der Waals surface area (Å²) in [6.07, 6.45) is 4.83. The molecule has 0 amide bonds. The average molecular weight is 172 g/mol. The summed E-state index contributed by atoms with van der Waals surface area (Å²) in [4.78, 5) is 4.03. The zero-order valence-electron chi connectivity index (χ0n) is 6.88. The fourth-order valence-corrected chi connectivity index (χ4v) is 1.30. The van der Waals surface area contributed by atoms with Crippen molar-refractivity contribution >= 4 is 17.0 Å². The minimum Gasteiger partial charge on any atom is -0.411 e. The van der Waals surface area contributed by atoms with E-state index in [1.807, 2.05) is 24.3 Å². The van der Waals surface area contributed by atoms with Crippen molar-refractivity contribution in [3.8, 4) is 0 Å². The Morgan fingerprint density at radius 2 is 2.08 bits per heavy atom. The molecule has 1 heterocycles. The minimum absolute atomic E-state index is 0.820. The van der Waals surface area contributed by atoms with Gasteiger partial charge in [0, 0.05) is 23.3 Å². The van der Waals surface area contributed by atoms with E-state index >= 15 is 0 Å². The molecular formula is C10H8N2O. The number of rotatable bonds is 1. The van der Waals surface area contributed by atoms with E-state index in [0.29, 0.717) is 0 Å². The number of oxime groups is 1. The van der Waals surface area contributed by atoms with E-state index in [1.54, 1.807) is 12.4 Å². The minimum atomic E-state index is 0.820. The number of fused-ring (bicyclic) bond motifs is 1. The van der Waals surface area contributed by atoms with Gasteiger partial charge in [-0.3, -0.25) is 4.98 Å². The molecule has 2 rings (SSSR count). The van der Waals surface area contributed by atoms with Gasteiger partial charge in [0.25, 0.3) is 0 Å². The second-order valence-electron chi connectivity index (χ2n) is 2.69. The van der Waals surface area contributed by atoms with Crippen LogP contribution in [0, 0.1) is 0 Å². The Labute approximate surface area is 75.3 Å². The van der Waals surface area contributed by atoms with E-state index in [2.05, 4.69) is 10.1 Å². The number of pyridine rings is 1. The van der Waals surface area contributed by atoms with Gasteiger partial charge in [-0.05, 0) is 5.39 Å². The number of nitrogens with zero attached hydrogens (tertiary/aromatic N) is 2. The second-order valence-corrected chi connectivity index (χ2v) is 2.69. The summed E-state index contributed by atoms with van der Waals surface area (Å²) >= 11 is 0. The van der Waals surface area contributed by atoms with Gasteiger partial charge in [0.1, 0.15) is 0 Å². The first-order chi connectivity index (χ1) is 6.42. The van der Waals surface area contributed by atoms with Gasteiger partial charge in [-0.25, -0.2) is 0 Å². The van der Waals surface area contributed by atoms with Gasteiger partial charge >= 0.3 is 0 Å². The molecule has 0 aliphatic heterocycles. The van der Waals surface area contributed by atoms with E-state index in [4.69, 9.17) is 5.21 Å². The normalized spacial score (nSPS) is 11.1. The van der Waals surface area contributed by atoms with Crippen LogP contribution in [-0.4, -0.2) is 16.4 Å². The van der Waals surface area contributed by atoms with Crippen molar-refractivity contribution in [3.63, 3.8) is 0 Å². The lowest BCUT2D eigenvalue weighted by molar-refractivity contribution is 0.322. The zero-order valence-corrected chi connectivity index (χ0v) is 6.88. The Morgan fingerprint density at radius 1 is 1.23 bits per heavy atom. The highest BCUT2D eigenvalue weighted by molar-refractivity contribution is 5.98. The van der Waals surface area contributed by atoms with Crippen molar-refractivity contribution in [2.75, 3.05) is 0 Å². The molecule has 0 atom stereocenters. The highest BCUT2D eigenvalue weighted by atomic mass is 16.4. The molecule has 0 saturated carbocycles. The monoisotopic (exact) mass is 172 g/mol. The molecule has 0 radical (unpaired) electrons. The lowest BCUT2D eigenvalue weighted by Crippen LogP contribution is -1.85. The maximum Gasteiger partial charge on any atom is 0.0755 e. The summed E-state index contributed by atoms with van der Waals surface area (Å²) in [6.45, 7) is 0. The van der Waals surface area contributed by atoms with E-state index in [0.717, 1.165) is 16.3 Å². The summed E-state index contributed by atoms with van der Waals surface area (Å²) in [5, 5.41) is 13.5. The summed E-state index contributed by atoms with van der Waals surface area (Å²) in [5.74, 6) is 0. The van der Waals surface area contributed by atoms with Gasteiger partial charge in [-0.1, -0.05) is 29.4 Å².